The molecule has 104 valence electrons. The van der Waals surface area contributed by atoms with Crippen molar-refractivity contribution < 1.29 is 14.7 Å². The van der Waals surface area contributed by atoms with Crippen molar-refractivity contribution in [3.63, 3.8) is 0 Å². The number of hydrogen-bond acceptors (Lipinski definition) is 2. The summed E-state index contributed by atoms with van der Waals surface area (Å²) in [6.45, 7) is 7.32. The van der Waals surface area contributed by atoms with Crippen LogP contribution in [-0.4, -0.2) is 23.5 Å². The van der Waals surface area contributed by atoms with Crippen LogP contribution in [0.4, 0.5) is 0 Å². The van der Waals surface area contributed by atoms with Crippen LogP contribution in [0.5, 0.6) is 0 Å². The van der Waals surface area contributed by atoms with Gasteiger partial charge < -0.3 is 10.4 Å². The van der Waals surface area contributed by atoms with Gasteiger partial charge in [-0.15, -0.1) is 0 Å². The maximum absolute atomic E-state index is 12.2. The molecule has 1 unspecified atom stereocenters. The number of carbonyl (C=O) groups is 2. The molecule has 1 rings (SSSR count). The molecule has 4 heteroatoms. The van der Waals surface area contributed by atoms with Crippen LogP contribution in [0.1, 0.15) is 41.8 Å². The van der Waals surface area contributed by atoms with Crippen molar-refractivity contribution in [2.24, 2.45) is 5.41 Å². The number of carbonyl (C=O) groups excluding carboxylic acids is 1. The highest BCUT2D eigenvalue weighted by molar-refractivity contribution is 5.97. The molecule has 0 aromatic heterocycles. The number of carboxylic acids is 1. The molecule has 1 aromatic rings. The van der Waals surface area contributed by atoms with Gasteiger partial charge in [0.25, 0.3) is 5.91 Å². The lowest BCUT2D eigenvalue weighted by molar-refractivity contribution is -0.147. The zero-order valence-corrected chi connectivity index (χ0v) is 11.9. The molecule has 0 saturated heterocycles. The molecule has 0 aliphatic carbocycles. The summed E-state index contributed by atoms with van der Waals surface area (Å²) in [7, 11) is 0. The first kappa shape index (κ1) is 15.2. The highest BCUT2D eigenvalue weighted by Crippen LogP contribution is 2.20. The van der Waals surface area contributed by atoms with Crippen molar-refractivity contribution in [2.75, 3.05) is 6.54 Å². The molecule has 0 aliphatic heterocycles. The summed E-state index contributed by atoms with van der Waals surface area (Å²) >= 11 is 0. The van der Waals surface area contributed by atoms with E-state index < -0.39 is 11.4 Å². The molecule has 19 heavy (non-hydrogen) atoms. The quantitative estimate of drug-likeness (QED) is 0.858. The van der Waals surface area contributed by atoms with Gasteiger partial charge >= 0.3 is 5.97 Å². The van der Waals surface area contributed by atoms with Crippen molar-refractivity contribution in [2.45, 2.75) is 34.1 Å². The zero-order chi connectivity index (χ0) is 14.6. The third-order valence-corrected chi connectivity index (χ3v) is 3.64. The Morgan fingerprint density at radius 2 is 1.79 bits per heavy atom. The SMILES string of the molecule is CCC(C)(CNC(=O)c1c(C)cccc1C)C(=O)O. The third kappa shape index (κ3) is 3.34. The summed E-state index contributed by atoms with van der Waals surface area (Å²) in [5, 5.41) is 11.9. The lowest BCUT2D eigenvalue weighted by Gasteiger charge is -2.23. The first-order valence-corrected chi connectivity index (χ1v) is 6.39. The van der Waals surface area contributed by atoms with E-state index in [1.807, 2.05) is 32.0 Å². The van der Waals surface area contributed by atoms with Crippen LogP contribution >= 0.6 is 0 Å². The number of carboxylic acid groups (broad SMARTS) is 1. The van der Waals surface area contributed by atoms with E-state index >= 15 is 0 Å². The fourth-order valence-electron chi connectivity index (χ4n) is 1.89. The minimum Gasteiger partial charge on any atom is -0.481 e. The van der Waals surface area contributed by atoms with Gasteiger partial charge in [-0.25, -0.2) is 0 Å². The van der Waals surface area contributed by atoms with Gasteiger partial charge in [0.15, 0.2) is 0 Å². The average molecular weight is 263 g/mol. The Labute approximate surface area is 113 Å². The molecule has 0 fully saturated rings. The van der Waals surface area contributed by atoms with E-state index in [1.54, 1.807) is 13.8 Å². The highest BCUT2D eigenvalue weighted by Gasteiger charge is 2.31. The molecular formula is C15H21NO3. The molecule has 2 N–H and O–H groups in total. The molecule has 4 nitrogen and oxygen atoms in total. The molecule has 1 atom stereocenters. The van der Waals surface area contributed by atoms with Gasteiger partial charge in [-0.2, -0.15) is 0 Å². The zero-order valence-electron chi connectivity index (χ0n) is 11.9. The van der Waals surface area contributed by atoms with E-state index in [4.69, 9.17) is 0 Å². The van der Waals surface area contributed by atoms with Gasteiger partial charge in [0.05, 0.1) is 5.41 Å². The topological polar surface area (TPSA) is 66.4 Å². The number of amides is 1. The number of aliphatic carboxylic acids is 1. The lowest BCUT2D eigenvalue weighted by Crippen LogP contribution is -2.41. The van der Waals surface area contributed by atoms with E-state index in [0.29, 0.717) is 12.0 Å². The van der Waals surface area contributed by atoms with Gasteiger partial charge in [0.1, 0.15) is 0 Å². The molecule has 0 spiro atoms. The molecule has 1 amide bonds. The predicted molar refractivity (Wildman–Crippen MR) is 74.3 cm³/mol. The van der Waals surface area contributed by atoms with Crippen LogP contribution in [0, 0.1) is 19.3 Å². The van der Waals surface area contributed by atoms with Crippen LogP contribution in [0.25, 0.3) is 0 Å². The van der Waals surface area contributed by atoms with Gasteiger partial charge in [-0.1, -0.05) is 25.1 Å². The van der Waals surface area contributed by atoms with E-state index in [9.17, 15) is 14.7 Å². The molecule has 0 radical (unpaired) electrons. The fourth-order valence-corrected chi connectivity index (χ4v) is 1.89. The molecular weight excluding hydrogens is 242 g/mol. The Kier molecular flexibility index (Phi) is 4.70. The first-order valence-electron chi connectivity index (χ1n) is 6.39. The van der Waals surface area contributed by atoms with Crippen LogP contribution in [0.15, 0.2) is 18.2 Å². The Balaban J connectivity index is 2.84. The minimum absolute atomic E-state index is 0.130. The summed E-state index contributed by atoms with van der Waals surface area (Å²) in [4.78, 5) is 23.4. The molecule has 0 bridgehead atoms. The van der Waals surface area contributed by atoms with Crippen molar-refractivity contribution in [1.82, 2.24) is 5.32 Å². The normalized spacial score (nSPS) is 13.7. The average Bonchev–Trinajstić information content (AvgIpc) is 2.35. The van der Waals surface area contributed by atoms with E-state index in [1.165, 1.54) is 0 Å². The summed E-state index contributed by atoms with van der Waals surface area (Å²) in [6, 6.07) is 5.64. The molecule has 0 aliphatic rings. The summed E-state index contributed by atoms with van der Waals surface area (Å²) in [6.07, 6.45) is 0.468. The third-order valence-electron chi connectivity index (χ3n) is 3.64. The van der Waals surface area contributed by atoms with Crippen molar-refractivity contribution in [3.05, 3.63) is 34.9 Å². The van der Waals surface area contributed by atoms with Crippen LogP contribution < -0.4 is 5.32 Å². The largest absolute Gasteiger partial charge is 0.481 e. The van der Waals surface area contributed by atoms with Crippen molar-refractivity contribution >= 4 is 11.9 Å². The molecule has 0 heterocycles. The molecule has 1 aromatic carbocycles. The second-order valence-corrected chi connectivity index (χ2v) is 5.17. The van der Waals surface area contributed by atoms with Crippen LogP contribution in [0.3, 0.4) is 0 Å². The number of hydrogen-bond donors (Lipinski definition) is 2. The first-order chi connectivity index (χ1) is 8.81. The van der Waals surface area contributed by atoms with Crippen molar-refractivity contribution in [1.29, 1.82) is 0 Å². The maximum atomic E-state index is 12.2. The monoisotopic (exact) mass is 263 g/mol. The van der Waals surface area contributed by atoms with E-state index in [2.05, 4.69) is 5.32 Å². The lowest BCUT2D eigenvalue weighted by atomic mass is 9.87. The van der Waals surface area contributed by atoms with Crippen LogP contribution in [0.2, 0.25) is 0 Å². The minimum atomic E-state index is -0.924. The van der Waals surface area contributed by atoms with Crippen LogP contribution in [-0.2, 0) is 4.79 Å². The van der Waals surface area contributed by atoms with E-state index in [0.717, 1.165) is 11.1 Å². The summed E-state index contributed by atoms with van der Waals surface area (Å²) in [5.74, 6) is -1.10. The van der Waals surface area contributed by atoms with Gasteiger partial charge in [-0.05, 0) is 38.3 Å². The fraction of sp³-hybridized carbons (Fsp3) is 0.467. The highest BCUT2D eigenvalue weighted by atomic mass is 16.4. The summed E-state index contributed by atoms with van der Waals surface area (Å²) < 4.78 is 0. The smallest absolute Gasteiger partial charge is 0.311 e. The number of nitrogens with one attached hydrogen (secondary N) is 1. The van der Waals surface area contributed by atoms with Gasteiger partial charge in [0, 0.05) is 12.1 Å². The Hall–Kier alpha value is -1.84. The Bertz CT molecular complexity index is 476. The molecule has 0 saturated carbocycles. The summed E-state index contributed by atoms with van der Waals surface area (Å²) in [5.41, 5.74) is 1.50. The predicted octanol–water partition coefficient (Wildman–Crippen LogP) is 2.53. The van der Waals surface area contributed by atoms with Gasteiger partial charge in [0.2, 0.25) is 0 Å². The van der Waals surface area contributed by atoms with Gasteiger partial charge in [-0.3, -0.25) is 9.59 Å². The number of aryl methyl sites for hydroxylation is 2. The second kappa shape index (κ2) is 5.87. The Morgan fingerprint density at radius 1 is 1.26 bits per heavy atom. The number of benzene rings is 1. The van der Waals surface area contributed by atoms with Crippen molar-refractivity contribution in [3.8, 4) is 0 Å². The standard InChI is InChI=1S/C15H21NO3/c1-5-15(4,14(18)19)9-16-13(17)12-10(2)7-6-8-11(12)3/h6-8H,5,9H2,1-4H3,(H,16,17)(H,18,19). The van der Waals surface area contributed by atoms with E-state index in [-0.39, 0.29) is 12.5 Å². The maximum Gasteiger partial charge on any atom is 0.311 e. The second-order valence-electron chi connectivity index (χ2n) is 5.17. The Morgan fingerprint density at radius 3 is 2.21 bits per heavy atom. The number of rotatable bonds is 5.